The molecule has 0 atom stereocenters. The molecule has 0 unspecified atom stereocenters. The summed E-state index contributed by atoms with van der Waals surface area (Å²) in [4.78, 5) is 23.8. The summed E-state index contributed by atoms with van der Waals surface area (Å²) in [6.45, 7) is 1.30. The van der Waals surface area contributed by atoms with E-state index >= 15 is 0 Å². The number of hydrogen-bond donors (Lipinski definition) is 1. The topological polar surface area (TPSA) is 46.2 Å². The number of anilines is 1. The molecule has 2 rings (SSSR count). The lowest BCUT2D eigenvalue weighted by molar-refractivity contribution is -0.114. The molecule has 0 aliphatic rings. The van der Waals surface area contributed by atoms with Crippen LogP contribution in [0, 0.1) is 5.82 Å². The zero-order chi connectivity index (χ0) is 15.6. The number of carbonyl (C=O) groups is 2. The zero-order valence-corrected chi connectivity index (χ0v) is 12.4. The van der Waals surface area contributed by atoms with Crippen LogP contribution < -0.4 is 5.32 Å². The minimum Gasteiger partial charge on any atom is -0.326 e. The van der Waals surface area contributed by atoms with E-state index in [1.165, 1.54) is 31.2 Å². The van der Waals surface area contributed by atoms with Crippen LogP contribution in [0.1, 0.15) is 22.8 Å². The maximum Gasteiger partial charge on any atom is 0.221 e. The van der Waals surface area contributed by atoms with Gasteiger partial charge in [0.05, 0.1) is 26.9 Å². The molecule has 21 heavy (non-hydrogen) atoms. The molecule has 1 amide bonds. The van der Waals surface area contributed by atoms with Gasteiger partial charge in [0.2, 0.25) is 11.7 Å². The molecule has 0 radical (unpaired) electrons. The normalized spacial score (nSPS) is 10.3. The van der Waals surface area contributed by atoms with E-state index in [1.54, 1.807) is 6.07 Å². The highest BCUT2D eigenvalue weighted by Crippen LogP contribution is 2.30. The number of benzene rings is 2. The average molecular weight is 326 g/mol. The Kier molecular flexibility index (Phi) is 4.60. The molecule has 108 valence electrons. The molecule has 0 saturated heterocycles. The van der Waals surface area contributed by atoms with Crippen molar-refractivity contribution in [3.8, 4) is 0 Å². The molecule has 0 saturated carbocycles. The Morgan fingerprint density at radius 3 is 2.14 bits per heavy atom. The summed E-state index contributed by atoms with van der Waals surface area (Å²) >= 11 is 11.9. The standard InChI is InChI=1S/C15H10Cl2FNO2/c1-8(20)19-12-7-3-5-10(17)14(12)15(21)13-9(16)4-2-6-11(13)18/h2-7H,1H3,(H,19,20). The monoisotopic (exact) mass is 325 g/mol. The number of hydrogen-bond acceptors (Lipinski definition) is 2. The fraction of sp³-hybridized carbons (Fsp3) is 0.0667. The summed E-state index contributed by atoms with van der Waals surface area (Å²) < 4.78 is 13.9. The highest BCUT2D eigenvalue weighted by Gasteiger charge is 2.23. The van der Waals surface area contributed by atoms with E-state index < -0.39 is 11.6 Å². The minimum atomic E-state index is -0.749. The van der Waals surface area contributed by atoms with Crippen molar-refractivity contribution in [3.63, 3.8) is 0 Å². The van der Waals surface area contributed by atoms with Crippen LogP contribution in [-0.4, -0.2) is 11.7 Å². The maximum atomic E-state index is 13.9. The van der Waals surface area contributed by atoms with E-state index in [-0.39, 0.29) is 32.8 Å². The van der Waals surface area contributed by atoms with Crippen molar-refractivity contribution < 1.29 is 14.0 Å². The first kappa shape index (κ1) is 15.5. The third-order valence-corrected chi connectivity index (χ3v) is 3.37. The highest BCUT2D eigenvalue weighted by atomic mass is 35.5. The number of nitrogens with one attached hydrogen (secondary N) is 1. The van der Waals surface area contributed by atoms with Gasteiger partial charge in [-0.25, -0.2) is 4.39 Å². The third kappa shape index (κ3) is 3.23. The second-order valence-corrected chi connectivity index (χ2v) is 5.08. The fourth-order valence-corrected chi connectivity index (χ4v) is 2.40. The maximum absolute atomic E-state index is 13.9. The molecule has 0 heterocycles. The van der Waals surface area contributed by atoms with Crippen LogP contribution in [0.3, 0.4) is 0 Å². The summed E-state index contributed by atoms with van der Waals surface area (Å²) in [6, 6.07) is 8.51. The molecule has 0 spiro atoms. The van der Waals surface area contributed by atoms with Crippen molar-refractivity contribution in [2.24, 2.45) is 0 Å². The second-order valence-electron chi connectivity index (χ2n) is 4.27. The van der Waals surface area contributed by atoms with Crippen LogP contribution in [0.5, 0.6) is 0 Å². The number of carbonyl (C=O) groups excluding carboxylic acids is 2. The quantitative estimate of drug-likeness (QED) is 0.854. The Labute approximate surface area is 130 Å². The number of halogens is 3. The van der Waals surface area contributed by atoms with Crippen molar-refractivity contribution in [2.45, 2.75) is 6.92 Å². The van der Waals surface area contributed by atoms with E-state index in [9.17, 15) is 14.0 Å². The molecule has 2 aromatic carbocycles. The largest absolute Gasteiger partial charge is 0.326 e. The Morgan fingerprint density at radius 1 is 1.00 bits per heavy atom. The fourth-order valence-electron chi connectivity index (χ4n) is 1.89. The molecule has 2 aromatic rings. The van der Waals surface area contributed by atoms with Crippen LogP contribution in [0.25, 0.3) is 0 Å². The van der Waals surface area contributed by atoms with Crippen LogP contribution >= 0.6 is 23.2 Å². The first-order valence-corrected chi connectivity index (χ1v) is 6.72. The van der Waals surface area contributed by atoms with Crippen molar-refractivity contribution >= 4 is 40.6 Å². The van der Waals surface area contributed by atoms with Gasteiger partial charge in [-0.15, -0.1) is 0 Å². The molecule has 6 heteroatoms. The molecule has 0 aromatic heterocycles. The van der Waals surface area contributed by atoms with E-state index in [0.29, 0.717) is 0 Å². The Morgan fingerprint density at radius 2 is 1.57 bits per heavy atom. The number of amides is 1. The SMILES string of the molecule is CC(=O)Nc1cccc(Cl)c1C(=O)c1c(F)cccc1Cl. The number of ketones is 1. The smallest absolute Gasteiger partial charge is 0.221 e. The van der Waals surface area contributed by atoms with Crippen molar-refractivity contribution in [3.05, 3.63) is 63.4 Å². The first-order chi connectivity index (χ1) is 9.91. The van der Waals surface area contributed by atoms with Gasteiger partial charge in [-0.2, -0.15) is 0 Å². The summed E-state index contributed by atoms with van der Waals surface area (Å²) in [6.07, 6.45) is 0. The summed E-state index contributed by atoms with van der Waals surface area (Å²) in [5, 5.41) is 2.58. The minimum absolute atomic E-state index is 0.00127. The van der Waals surface area contributed by atoms with Gasteiger partial charge in [0.25, 0.3) is 0 Å². The lowest BCUT2D eigenvalue weighted by Gasteiger charge is -2.12. The van der Waals surface area contributed by atoms with Gasteiger partial charge in [-0.05, 0) is 24.3 Å². The molecule has 0 bridgehead atoms. The van der Waals surface area contributed by atoms with E-state index in [0.717, 1.165) is 6.07 Å². The van der Waals surface area contributed by atoms with Crippen LogP contribution in [0.4, 0.5) is 10.1 Å². The average Bonchev–Trinajstić information content (AvgIpc) is 2.37. The van der Waals surface area contributed by atoms with Crippen LogP contribution in [0.15, 0.2) is 36.4 Å². The predicted molar refractivity (Wildman–Crippen MR) is 80.6 cm³/mol. The molecule has 1 N–H and O–H groups in total. The van der Waals surface area contributed by atoms with Gasteiger partial charge in [-0.3, -0.25) is 9.59 Å². The summed E-state index contributed by atoms with van der Waals surface area (Å²) in [5.41, 5.74) is -0.0699. The van der Waals surface area contributed by atoms with Gasteiger partial charge in [0, 0.05) is 6.92 Å². The van der Waals surface area contributed by atoms with Crippen molar-refractivity contribution in [2.75, 3.05) is 5.32 Å². The van der Waals surface area contributed by atoms with Gasteiger partial charge < -0.3 is 5.32 Å². The Bertz CT molecular complexity index is 711. The van der Waals surface area contributed by atoms with Gasteiger partial charge in [-0.1, -0.05) is 35.3 Å². The van der Waals surface area contributed by atoms with Crippen molar-refractivity contribution in [1.82, 2.24) is 0 Å². The lowest BCUT2D eigenvalue weighted by Crippen LogP contribution is -2.13. The third-order valence-electron chi connectivity index (χ3n) is 2.74. The molecule has 3 nitrogen and oxygen atoms in total. The highest BCUT2D eigenvalue weighted by molar-refractivity contribution is 6.39. The Balaban J connectivity index is 2.61. The van der Waals surface area contributed by atoms with Gasteiger partial charge >= 0.3 is 0 Å². The molecular weight excluding hydrogens is 316 g/mol. The summed E-state index contributed by atoms with van der Waals surface area (Å²) in [5.74, 6) is -1.81. The molecule has 0 fully saturated rings. The van der Waals surface area contributed by atoms with Gasteiger partial charge in [0.1, 0.15) is 5.82 Å². The Hall–Kier alpha value is -1.91. The molecule has 0 aliphatic heterocycles. The first-order valence-electron chi connectivity index (χ1n) is 5.96. The zero-order valence-electron chi connectivity index (χ0n) is 10.9. The lowest BCUT2D eigenvalue weighted by atomic mass is 10.0. The van der Waals surface area contributed by atoms with Crippen LogP contribution in [-0.2, 0) is 4.79 Å². The molecular formula is C15H10Cl2FNO2. The van der Waals surface area contributed by atoms with E-state index in [2.05, 4.69) is 5.32 Å². The van der Waals surface area contributed by atoms with Crippen LogP contribution in [0.2, 0.25) is 10.0 Å². The summed E-state index contributed by atoms with van der Waals surface area (Å²) in [7, 11) is 0. The predicted octanol–water partition coefficient (Wildman–Crippen LogP) is 4.32. The van der Waals surface area contributed by atoms with Gasteiger partial charge in [0.15, 0.2) is 0 Å². The number of rotatable bonds is 3. The second kappa shape index (κ2) is 6.24. The molecule has 0 aliphatic carbocycles. The van der Waals surface area contributed by atoms with Crippen molar-refractivity contribution in [1.29, 1.82) is 0 Å². The van der Waals surface area contributed by atoms with E-state index in [4.69, 9.17) is 23.2 Å². The van der Waals surface area contributed by atoms with E-state index in [1.807, 2.05) is 0 Å².